The Morgan fingerprint density at radius 3 is 1.95 bits per heavy atom. The second-order valence-electron chi connectivity index (χ2n) is 4.55. The maximum atomic E-state index is 12.6. The van der Waals surface area contributed by atoms with Crippen LogP contribution in [-0.2, 0) is 6.54 Å². The van der Waals surface area contributed by atoms with E-state index in [1.54, 1.807) is 0 Å². The molecule has 2 nitrogen and oxygen atoms in total. The number of hydrogen-bond acceptors (Lipinski definition) is 1. The normalized spacial score (nSPS) is 11.1. The van der Waals surface area contributed by atoms with Crippen LogP contribution >= 0.6 is 31.9 Å². The quantitative estimate of drug-likeness (QED) is 0.450. The van der Waals surface area contributed by atoms with Crippen LogP contribution < -0.4 is 5.43 Å². The van der Waals surface area contributed by atoms with E-state index in [0.29, 0.717) is 6.54 Å². The molecular weight excluding hydrogens is 382 g/mol. The van der Waals surface area contributed by atoms with Gasteiger partial charge in [0.1, 0.15) is 0 Å². The van der Waals surface area contributed by atoms with Crippen molar-refractivity contribution in [3.63, 3.8) is 0 Å². The highest BCUT2D eigenvalue weighted by molar-refractivity contribution is 9.10. The first kappa shape index (κ1) is 13.6. The molecule has 0 bridgehead atoms. The summed E-state index contributed by atoms with van der Waals surface area (Å²) in [5.41, 5.74) is 1.89. The lowest BCUT2D eigenvalue weighted by Gasteiger charge is -2.14. The van der Waals surface area contributed by atoms with Gasteiger partial charge in [-0.25, -0.2) is 0 Å². The zero-order valence-electron chi connectivity index (χ0n) is 10.6. The van der Waals surface area contributed by atoms with E-state index in [0.717, 1.165) is 30.8 Å². The molecule has 0 unspecified atom stereocenters. The largest absolute Gasteiger partial charge is 0.336 e. The Kier molecular flexibility index (Phi) is 3.52. The third-order valence-electron chi connectivity index (χ3n) is 3.30. The number of hydrogen-bond donors (Lipinski definition) is 0. The van der Waals surface area contributed by atoms with Gasteiger partial charge in [-0.05, 0) is 36.4 Å². The number of aromatic nitrogens is 1. The molecule has 1 heterocycles. The molecule has 3 aromatic rings. The van der Waals surface area contributed by atoms with Crippen molar-refractivity contribution in [3.05, 3.63) is 68.2 Å². The highest BCUT2D eigenvalue weighted by atomic mass is 79.9. The topological polar surface area (TPSA) is 22.0 Å². The summed E-state index contributed by atoms with van der Waals surface area (Å²) in [5.74, 6) is 0. The third-order valence-corrected chi connectivity index (χ3v) is 4.29. The van der Waals surface area contributed by atoms with Gasteiger partial charge in [0.25, 0.3) is 0 Å². The molecule has 0 fully saturated rings. The standard InChI is InChI=1S/C16H11Br2NO/c1-2-7-19-14-8-10(17)3-5-12(14)16(20)13-6-4-11(18)9-15(13)19/h2-6,8-9H,1,7H2. The maximum absolute atomic E-state index is 12.6. The van der Waals surface area contributed by atoms with Gasteiger partial charge < -0.3 is 4.57 Å². The minimum atomic E-state index is 0.0651. The molecule has 0 atom stereocenters. The van der Waals surface area contributed by atoms with Crippen molar-refractivity contribution in [3.8, 4) is 0 Å². The van der Waals surface area contributed by atoms with Crippen LogP contribution in [0.25, 0.3) is 21.8 Å². The van der Waals surface area contributed by atoms with Crippen LogP contribution in [0.4, 0.5) is 0 Å². The first-order valence-corrected chi connectivity index (χ1v) is 7.72. The van der Waals surface area contributed by atoms with Gasteiger partial charge in [-0.2, -0.15) is 0 Å². The molecule has 0 N–H and O–H groups in total. The predicted molar refractivity (Wildman–Crippen MR) is 91.3 cm³/mol. The van der Waals surface area contributed by atoms with Crippen LogP contribution in [0.1, 0.15) is 0 Å². The molecule has 0 aliphatic carbocycles. The second-order valence-corrected chi connectivity index (χ2v) is 6.38. The third kappa shape index (κ3) is 2.13. The molecule has 100 valence electrons. The van der Waals surface area contributed by atoms with Gasteiger partial charge in [0.15, 0.2) is 5.43 Å². The summed E-state index contributed by atoms with van der Waals surface area (Å²) in [5, 5.41) is 1.45. The minimum Gasteiger partial charge on any atom is -0.336 e. The van der Waals surface area contributed by atoms with Crippen molar-refractivity contribution in [2.45, 2.75) is 6.54 Å². The van der Waals surface area contributed by atoms with E-state index in [1.165, 1.54) is 0 Å². The molecule has 0 radical (unpaired) electrons. The molecule has 4 heteroatoms. The van der Waals surface area contributed by atoms with E-state index in [1.807, 2.05) is 42.5 Å². The van der Waals surface area contributed by atoms with E-state index in [4.69, 9.17) is 0 Å². The molecule has 20 heavy (non-hydrogen) atoms. The van der Waals surface area contributed by atoms with Crippen molar-refractivity contribution >= 4 is 53.7 Å². The number of benzene rings is 2. The smallest absolute Gasteiger partial charge is 0.197 e. The summed E-state index contributed by atoms with van der Waals surface area (Å²) in [6.07, 6.45) is 1.84. The molecule has 2 aromatic carbocycles. The van der Waals surface area contributed by atoms with Crippen LogP contribution in [0.3, 0.4) is 0 Å². The summed E-state index contributed by atoms with van der Waals surface area (Å²) < 4.78 is 4.02. The Morgan fingerprint density at radius 2 is 1.50 bits per heavy atom. The van der Waals surface area contributed by atoms with Gasteiger partial charge in [-0.15, -0.1) is 6.58 Å². The fourth-order valence-corrected chi connectivity index (χ4v) is 3.14. The number of halogens is 2. The average molecular weight is 393 g/mol. The first-order chi connectivity index (χ1) is 9.61. The highest BCUT2D eigenvalue weighted by Gasteiger charge is 2.10. The molecular formula is C16H11Br2NO. The molecule has 0 aliphatic heterocycles. The Bertz CT molecular complexity index is 830. The second kappa shape index (κ2) is 5.19. The van der Waals surface area contributed by atoms with Gasteiger partial charge in [0.2, 0.25) is 0 Å². The number of fused-ring (bicyclic) bond motifs is 2. The summed E-state index contributed by atoms with van der Waals surface area (Å²) in [4.78, 5) is 12.6. The van der Waals surface area contributed by atoms with E-state index < -0.39 is 0 Å². The van der Waals surface area contributed by atoms with Crippen molar-refractivity contribution < 1.29 is 0 Å². The number of pyridine rings is 1. The molecule has 0 amide bonds. The van der Waals surface area contributed by atoms with E-state index in [2.05, 4.69) is 43.0 Å². The van der Waals surface area contributed by atoms with E-state index >= 15 is 0 Å². The van der Waals surface area contributed by atoms with Gasteiger partial charge in [0, 0.05) is 26.3 Å². The molecule has 3 rings (SSSR count). The van der Waals surface area contributed by atoms with Crippen LogP contribution in [0.15, 0.2) is 62.8 Å². The Hall–Kier alpha value is -1.39. The van der Waals surface area contributed by atoms with Crippen molar-refractivity contribution in [1.29, 1.82) is 0 Å². The maximum Gasteiger partial charge on any atom is 0.197 e. The van der Waals surface area contributed by atoms with Gasteiger partial charge in [0.05, 0.1) is 11.0 Å². The van der Waals surface area contributed by atoms with E-state index in [-0.39, 0.29) is 5.43 Å². The number of rotatable bonds is 2. The van der Waals surface area contributed by atoms with Gasteiger partial charge >= 0.3 is 0 Å². The molecule has 0 spiro atoms. The summed E-state index contributed by atoms with van der Waals surface area (Å²) in [6.45, 7) is 4.47. The van der Waals surface area contributed by atoms with Crippen molar-refractivity contribution in [2.75, 3.05) is 0 Å². The SMILES string of the molecule is C=CCn1c2cc(Br)ccc2c(=O)c2ccc(Br)cc21. The van der Waals surface area contributed by atoms with Gasteiger partial charge in [-0.3, -0.25) is 4.79 Å². The van der Waals surface area contributed by atoms with Crippen LogP contribution in [-0.4, -0.2) is 4.57 Å². The summed E-state index contributed by atoms with van der Waals surface area (Å²) in [7, 11) is 0. The summed E-state index contributed by atoms with van der Waals surface area (Å²) >= 11 is 6.94. The first-order valence-electron chi connectivity index (χ1n) is 6.14. The lowest BCUT2D eigenvalue weighted by molar-refractivity contribution is 0.892. The Labute approximate surface area is 133 Å². The molecule has 0 aliphatic rings. The average Bonchev–Trinajstić information content (AvgIpc) is 2.43. The van der Waals surface area contributed by atoms with Crippen molar-refractivity contribution in [2.24, 2.45) is 0 Å². The highest BCUT2D eigenvalue weighted by Crippen LogP contribution is 2.24. The molecule has 0 saturated carbocycles. The van der Waals surface area contributed by atoms with Crippen LogP contribution in [0.2, 0.25) is 0 Å². The Balaban J connectivity index is 2.61. The predicted octanol–water partition coefficient (Wildman–Crippen LogP) is 4.87. The van der Waals surface area contributed by atoms with Crippen molar-refractivity contribution in [1.82, 2.24) is 4.57 Å². The lowest BCUT2D eigenvalue weighted by Crippen LogP contribution is -2.11. The van der Waals surface area contributed by atoms with E-state index in [9.17, 15) is 4.79 Å². The lowest BCUT2D eigenvalue weighted by atomic mass is 10.1. The van der Waals surface area contributed by atoms with Crippen LogP contribution in [0.5, 0.6) is 0 Å². The summed E-state index contributed by atoms with van der Waals surface area (Å²) in [6, 6.07) is 11.5. The molecule has 1 aromatic heterocycles. The van der Waals surface area contributed by atoms with Gasteiger partial charge in [-0.1, -0.05) is 37.9 Å². The van der Waals surface area contributed by atoms with Crippen LogP contribution in [0, 0.1) is 0 Å². The zero-order valence-corrected chi connectivity index (χ0v) is 13.7. The minimum absolute atomic E-state index is 0.0651. The Morgan fingerprint density at radius 1 is 1.00 bits per heavy atom. The zero-order chi connectivity index (χ0) is 14.3. The monoisotopic (exact) mass is 391 g/mol. The number of allylic oxidation sites excluding steroid dienone is 1. The fraction of sp³-hybridized carbons (Fsp3) is 0.0625. The molecule has 0 saturated heterocycles. The fourth-order valence-electron chi connectivity index (χ4n) is 2.44. The number of nitrogens with zero attached hydrogens (tertiary/aromatic N) is 1.